The number of hydrogen-bond donors (Lipinski definition) is 1. The zero-order valence-corrected chi connectivity index (χ0v) is 8.70. The van der Waals surface area contributed by atoms with Gasteiger partial charge in [-0.25, -0.2) is 0 Å². The normalized spacial score (nSPS) is 23.7. The zero-order valence-electron chi connectivity index (χ0n) is 7.95. The fourth-order valence-corrected chi connectivity index (χ4v) is 2.09. The molecule has 2 rings (SSSR count). The van der Waals surface area contributed by atoms with Gasteiger partial charge in [0.2, 0.25) is 0 Å². The molecule has 0 aliphatic carbocycles. The second kappa shape index (κ2) is 4.30. The van der Waals surface area contributed by atoms with Gasteiger partial charge in [0.1, 0.15) is 0 Å². The van der Waals surface area contributed by atoms with E-state index < -0.39 is 0 Å². The summed E-state index contributed by atoms with van der Waals surface area (Å²) in [7, 11) is 0. The molecule has 1 saturated heterocycles. The number of rotatable bonds is 2. The largest absolute Gasteiger partial charge is 0.376 e. The predicted octanol–water partition coefficient (Wildman–Crippen LogP) is 2.52. The molecular formula is C11H14ClNO. The van der Waals surface area contributed by atoms with Gasteiger partial charge in [-0.15, -0.1) is 0 Å². The van der Waals surface area contributed by atoms with Gasteiger partial charge in [0.05, 0.1) is 12.1 Å². The quantitative estimate of drug-likeness (QED) is 0.816. The van der Waals surface area contributed by atoms with E-state index in [1.807, 2.05) is 24.3 Å². The van der Waals surface area contributed by atoms with Gasteiger partial charge in [-0.2, -0.15) is 0 Å². The van der Waals surface area contributed by atoms with Crippen LogP contribution in [0.2, 0.25) is 5.02 Å². The summed E-state index contributed by atoms with van der Waals surface area (Å²) < 4.78 is 5.54. The lowest BCUT2D eigenvalue weighted by Gasteiger charge is -2.19. The minimum atomic E-state index is -0.0915. The topological polar surface area (TPSA) is 35.2 Å². The average molecular weight is 212 g/mol. The maximum absolute atomic E-state index is 6.09. The Kier molecular flexibility index (Phi) is 3.06. The van der Waals surface area contributed by atoms with E-state index in [4.69, 9.17) is 22.1 Å². The monoisotopic (exact) mass is 211 g/mol. The van der Waals surface area contributed by atoms with Gasteiger partial charge < -0.3 is 10.5 Å². The van der Waals surface area contributed by atoms with Crippen LogP contribution in [0.4, 0.5) is 0 Å². The maximum atomic E-state index is 6.09. The second-order valence-electron chi connectivity index (χ2n) is 3.60. The summed E-state index contributed by atoms with van der Waals surface area (Å²) in [5.41, 5.74) is 7.08. The molecule has 1 aliphatic heterocycles. The average Bonchev–Trinajstić information content (AvgIpc) is 2.70. The smallest absolute Gasteiger partial charge is 0.0769 e. The molecule has 0 radical (unpaired) electrons. The Morgan fingerprint density at radius 2 is 2.21 bits per heavy atom. The first-order chi connectivity index (χ1) is 6.79. The molecule has 0 bridgehead atoms. The number of ether oxygens (including phenoxy) is 1. The van der Waals surface area contributed by atoms with Crippen molar-refractivity contribution in [3.05, 3.63) is 34.9 Å². The van der Waals surface area contributed by atoms with E-state index in [0.29, 0.717) is 0 Å². The third kappa shape index (κ3) is 1.92. The Labute approximate surface area is 89.0 Å². The van der Waals surface area contributed by atoms with Crippen LogP contribution in [0.3, 0.4) is 0 Å². The first-order valence-corrected chi connectivity index (χ1v) is 5.28. The van der Waals surface area contributed by atoms with Crippen molar-refractivity contribution in [2.24, 2.45) is 5.73 Å². The molecule has 0 amide bonds. The van der Waals surface area contributed by atoms with Crippen LogP contribution in [-0.2, 0) is 4.74 Å². The molecule has 2 nitrogen and oxygen atoms in total. The summed E-state index contributed by atoms with van der Waals surface area (Å²) in [6.45, 7) is 0.822. The van der Waals surface area contributed by atoms with Crippen LogP contribution in [-0.4, -0.2) is 12.7 Å². The maximum Gasteiger partial charge on any atom is 0.0769 e. The summed E-state index contributed by atoms with van der Waals surface area (Å²) in [4.78, 5) is 0. The van der Waals surface area contributed by atoms with E-state index in [1.165, 1.54) is 0 Å². The van der Waals surface area contributed by atoms with Crippen molar-refractivity contribution in [2.75, 3.05) is 6.61 Å². The van der Waals surface area contributed by atoms with Crippen LogP contribution >= 0.6 is 11.6 Å². The molecule has 2 atom stereocenters. The third-order valence-electron chi connectivity index (χ3n) is 2.63. The van der Waals surface area contributed by atoms with Gasteiger partial charge in [0.15, 0.2) is 0 Å². The highest BCUT2D eigenvalue weighted by Gasteiger charge is 2.25. The minimum Gasteiger partial charge on any atom is -0.376 e. The van der Waals surface area contributed by atoms with Gasteiger partial charge in [0, 0.05) is 11.6 Å². The molecule has 1 aromatic rings. The zero-order chi connectivity index (χ0) is 9.97. The van der Waals surface area contributed by atoms with Crippen molar-refractivity contribution in [3.63, 3.8) is 0 Å². The molecule has 1 aliphatic rings. The van der Waals surface area contributed by atoms with Crippen LogP contribution < -0.4 is 5.73 Å². The Morgan fingerprint density at radius 3 is 2.86 bits per heavy atom. The molecular weight excluding hydrogens is 198 g/mol. The van der Waals surface area contributed by atoms with Crippen LogP contribution in [0.15, 0.2) is 24.3 Å². The second-order valence-corrected chi connectivity index (χ2v) is 4.01. The van der Waals surface area contributed by atoms with Crippen LogP contribution in [0, 0.1) is 0 Å². The van der Waals surface area contributed by atoms with E-state index in [1.54, 1.807) is 0 Å². The van der Waals surface area contributed by atoms with Crippen molar-refractivity contribution < 1.29 is 4.74 Å². The van der Waals surface area contributed by atoms with E-state index in [-0.39, 0.29) is 12.1 Å². The lowest BCUT2D eigenvalue weighted by molar-refractivity contribution is 0.0901. The van der Waals surface area contributed by atoms with Gasteiger partial charge in [-0.05, 0) is 24.5 Å². The van der Waals surface area contributed by atoms with Gasteiger partial charge in [-0.3, -0.25) is 0 Å². The lowest BCUT2D eigenvalue weighted by atomic mass is 10.0. The summed E-state index contributed by atoms with van der Waals surface area (Å²) in [6.07, 6.45) is 2.27. The molecule has 1 aromatic carbocycles. The van der Waals surface area contributed by atoms with Crippen LogP contribution in [0.1, 0.15) is 24.4 Å². The summed E-state index contributed by atoms with van der Waals surface area (Å²) in [5, 5.41) is 0.732. The Bertz CT molecular complexity index is 310. The summed E-state index contributed by atoms with van der Waals surface area (Å²) in [5.74, 6) is 0. The first-order valence-electron chi connectivity index (χ1n) is 4.90. The van der Waals surface area contributed by atoms with Crippen molar-refractivity contribution in [1.29, 1.82) is 0 Å². The number of halogens is 1. The van der Waals surface area contributed by atoms with Crippen molar-refractivity contribution in [3.8, 4) is 0 Å². The number of nitrogens with two attached hydrogens (primary N) is 1. The minimum absolute atomic E-state index is 0.0915. The highest BCUT2D eigenvalue weighted by atomic mass is 35.5. The van der Waals surface area contributed by atoms with Crippen molar-refractivity contribution in [1.82, 2.24) is 0 Å². The molecule has 14 heavy (non-hydrogen) atoms. The molecule has 0 aromatic heterocycles. The molecule has 0 spiro atoms. The molecule has 0 saturated carbocycles. The fourth-order valence-electron chi connectivity index (χ4n) is 1.83. The van der Waals surface area contributed by atoms with E-state index in [0.717, 1.165) is 30.0 Å². The van der Waals surface area contributed by atoms with Crippen LogP contribution in [0.25, 0.3) is 0 Å². The number of hydrogen-bond acceptors (Lipinski definition) is 2. The molecule has 1 heterocycles. The highest BCUT2D eigenvalue weighted by molar-refractivity contribution is 6.31. The Balaban J connectivity index is 2.17. The van der Waals surface area contributed by atoms with Crippen LogP contribution in [0.5, 0.6) is 0 Å². The van der Waals surface area contributed by atoms with Gasteiger partial charge in [0.25, 0.3) is 0 Å². The molecule has 76 valence electrons. The van der Waals surface area contributed by atoms with E-state index in [9.17, 15) is 0 Å². The van der Waals surface area contributed by atoms with Gasteiger partial charge >= 0.3 is 0 Å². The fraction of sp³-hybridized carbons (Fsp3) is 0.455. The molecule has 1 fully saturated rings. The Hall–Kier alpha value is -0.570. The number of benzene rings is 1. The summed E-state index contributed by atoms with van der Waals surface area (Å²) >= 11 is 6.06. The lowest BCUT2D eigenvalue weighted by Crippen LogP contribution is -2.25. The van der Waals surface area contributed by atoms with Crippen molar-refractivity contribution in [2.45, 2.75) is 25.0 Å². The highest BCUT2D eigenvalue weighted by Crippen LogP contribution is 2.29. The molecule has 2 N–H and O–H groups in total. The third-order valence-corrected chi connectivity index (χ3v) is 2.97. The van der Waals surface area contributed by atoms with Gasteiger partial charge in [-0.1, -0.05) is 29.8 Å². The van der Waals surface area contributed by atoms with E-state index >= 15 is 0 Å². The first kappa shape index (κ1) is 9.97. The predicted molar refractivity (Wildman–Crippen MR) is 57.4 cm³/mol. The molecule has 2 unspecified atom stereocenters. The molecule has 3 heteroatoms. The Morgan fingerprint density at radius 1 is 1.43 bits per heavy atom. The SMILES string of the molecule is NC(c1ccccc1Cl)C1CCCO1. The standard InChI is InChI=1S/C11H14ClNO/c12-9-5-2-1-4-8(9)11(13)10-6-3-7-14-10/h1-2,4-5,10-11H,3,6-7,13H2. The van der Waals surface area contributed by atoms with E-state index in [2.05, 4.69) is 0 Å². The summed E-state index contributed by atoms with van der Waals surface area (Å²) in [6, 6.07) is 7.61. The van der Waals surface area contributed by atoms with Crippen molar-refractivity contribution >= 4 is 11.6 Å².